The smallest absolute Gasteiger partial charge is 0.258 e. The van der Waals surface area contributed by atoms with Crippen molar-refractivity contribution in [2.75, 3.05) is 18.6 Å². The summed E-state index contributed by atoms with van der Waals surface area (Å²) in [6.07, 6.45) is 1.96. The average molecular weight is 360 g/mol. The van der Waals surface area contributed by atoms with Gasteiger partial charge in [-0.2, -0.15) is 0 Å². The predicted octanol–water partition coefficient (Wildman–Crippen LogP) is 4.36. The highest BCUT2D eigenvalue weighted by Gasteiger charge is 2.27. The van der Waals surface area contributed by atoms with E-state index in [1.165, 1.54) is 11.1 Å². The first-order valence-electron chi connectivity index (χ1n) is 7.35. The Morgan fingerprint density at radius 1 is 1.27 bits per heavy atom. The molecule has 3 rings (SSSR count). The minimum absolute atomic E-state index is 0.0196. The molecule has 0 spiro atoms. The highest BCUT2D eigenvalue weighted by atomic mass is 79.9. The molecule has 114 valence electrons. The van der Waals surface area contributed by atoms with Crippen molar-refractivity contribution in [3.05, 3.63) is 57.6 Å². The highest BCUT2D eigenvalue weighted by Crippen LogP contribution is 2.39. The fraction of sp³-hybridized carbons (Fsp3) is 0.278. The summed E-state index contributed by atoms with van der Waals surface area (Å²) in [5.41, 5.74) is 4.04. The molecule has 1 amide bonds. The zero-order valence-electron chi connectivity index (χ0n) is 12.7. The molecule has 0 aromatic heterocycles. The normalized spacial score (nSPS) is 13.7. The van der Waals surface area contributed by atoms with Gasteiger partial charge >= 0.3 is 0 Å². The van der Waals surface area contributed by atoms with Crippen LogP contribution in [0.2, 0.25) is 0 Å². The van der Waals surface area contributed by atoms with Crippen LogP contribution in [0.25, 0.3) is 0 Å². The Labute approximate surface area is 139 Å². The number of hydrogen-bond acceptors (Lipinski definition) is 2. The van der Waals surface area contributed by atoms with Crippen molar-refractivity contribution < 1.29 is 9.53 Å². The fourth-order valence-electron chi connectivity index (χ4n) is 3.00. The van der Waals surface area contributed by atoms with E-state index in [4.69, 9.17) is 4.74 Å². The molecule has 0 atom stereocenters. The van der Waals surface area contributed by atoms with Crippen LogP contribution in [-0.2, 0) is 6.42 Å². The van der Waals surface area contributed by atoms with E-state index in [-0.39, 0.29) is 5.91 Å². The van der Waals surface area contributed by atoms with Crippen LogP contribution < -0.4 is 9.64 Å². The molecule has 0 unspecified atom stereocenters. The summed E-state index contributed by atoms with van der Waals surface area (Å²) >= 11 is 3.43. The minimum Gasteiger partial charge on any atom is -0.495 e. The summed E-state index contributed by atoms with van der Waals surface area (Å²) in [6, 6.07) is 11.5. The predicted molar refractivity (Wildman–Crippen MR) is 91.9 cm³/mol. The minimum atomic E-state index is 0.0196. The fourth-order valence-corrected chi connectivity index (χ4v) is 3.40. The number of amides is 1. The molecule has 0 saturated carbocycles. The number of benzene rings is 2. The van der Waals surface area contributed by atoms with Crippen LogP contribution in [-0.4, -0.2) is 19.6 Å². The molecule has 4 heteroatoms. The first-order chi connectivity index (χ1) is 10.6. The van der Waals surface area contributed by atoms with Gasteiger partial charge in [0.25, 0.3) is 5.91 Å². The van der Waals surface area contributed by atoms with Gasteiger partial charge in [-0.1, -0.05) is 28.1 Å². The summed E-state index contributed by atoms with van der Waals surface area (Å²) in [6.45, 7) is 2.81. The molecule has 1 aliphatic heterocycles. The molecule has 1 aliphatic rings. The van der Waals surface area contributed by atoms with Crippen LogP contribution in [0.1, 0.15) is 27.9 Å². The van der Waals surface area contributed by atoms with E-state index in [0.29, 0.717) is 5.56 Å². The van der Waals surface area contributed by atoms with Crippen LogP contribution >= 0.6 is 15.9 Å². The molecule has 0 bridgehead atoms. The van der Waals surface area contributed by atoms with E-state index < -0.39 is 0 Å². The Hall–Kier alpha value is -1.81. The third-order valence-corrected chi connectivity index (χ3v) is 4.59. The second-order valence-electron chi connectivity index (χ2n) is 5.48. The van der Waals surface area contributed by atoms with Gasteiger partial charge in [-0.15, -0.1) is 0 Å². The molecule has 3 nitrogen and oxygen atoms in total. The number of ether oxygens (including phenoxy) is 1. The lowest BCUT2D eigenvalue weighted by Crippen LogP contribution is -2.36. The summed E-state index contributed by atoms with van der Waals surface area (Å²) in [5, 5.41) is 0. The Balaban J connectivity index is 2.08. The van der Waals surface area contributed by atoms with Crippen LogP contribution in [0.3, 0.4) is 0 Å². The lowest BCUT2D eigenvalue weighted by atomic mass is 9.95. The molecule has 2 aromatic rings. The third-order valence-electron chi connectivity index (χ3n) is 4.10. The first kappa shape index (κ1) is 15.1. The van der Waals surface area contributed by atoms with Crippen molar-refractivity contribution >= 4 is 27.5 Å². The second-order valence-corrected chi connectivity index (χ2v) is 6.40. The van der Waals surface area contributed by atoms with E-state index in [1.807, 2.05) is 35.2 Å². The van der Waals surface area contributed by atoms with Gasteiger partial charge in [0.05, 0.1) is 12.8 Å². The zero-order valence-corrected chi connectivity index (χ0v) is 14.3. The van der Waals surface area contributed by atoms with Gasteiger partial charge in [0, 0.05) is 16.6 Å². The largest absolute Gasteiger partial charge is 0.495 e. The Bertz CT molecular complexity index is 727. The molecule has 1 heterocycles. The molecule has 0 N–H and O–H groups in total. The number of carbonyl (C=O) groups is 1. The zero-order chi connectivity index (χ0) is 15.7. The number of fused-ring (bicyclic) bond motifs is 1. The van der Waals surface area contributed by atoms with Gasteiger partial charge in [0.1, 0.15) is 5.75 Å². The number of anilines is 1. The van der Waals surface area contributed by atoms with Gasteiger partial charge in [-0.05, 0) is 55.2 Å². The lowest BCUT2D eigenvalue weighted by Gasteiger charge is -2.32. The molecule has 22 heavy (non-hydrogen) atoms. The standard InChI is InChI=1S/C18H18BrNO2/c1-12-8-9-16(22-2)17-15(12)7-4-10-20(17)18(21)13-5-3-6-14(19)11-13/h3,5-6,8-9,11H,4,7,10H2,1-2H3. The number of nitrogens with zero attached hydrogens (tertiary/aromatic N) is 1. The van der Waals surface area contributed by atoms with E-state index in [9.17, 15) is 4.79 Å². The van der Waals surface area contributed by atoms with E-state index in [2.05, 4.69) is 28.9 Å². The number of aryl methyl sites for hydroxylation is 1. The maximum atomic E-state index is 12.9. The van der Waals surface area contributed by atoms with Crippen molar-refractivity contribution in [3.8, 4) is 5.75 Å². The number of hydrogen-bond donors (Lipinski definition) is 0. The second kappa shape index (κ2) is 6.13. The lowest BCUT2D eigenvalue weighted by molar-refractivity contribution is 0.0984. The molecule has 2 aromatic carbocycles. The molecular weight excluding hydrogens is 342 g/mol. The summed E-state index contributed by atoms with van der Waals surface area (Å²) in [4.78, 5) is 14.8. The van der Waals surface area contributed by atoms with Crippen molar-refractivity contribution in [2.24, 2.45) is 0 Å². The molecular formula is C18H18BrNO2. The quantitative estimate of drug-likeness (QED) is 0.797. The van der Waals surface area contributed by atoms with Gasteiger partial charge in [-0.25, -0.2) is 0 Å². The summed E-state index contributed by atoms with van der Waals surface area (Å²) < 4.78 is 6.41. The first-order valence-corrected chi connectivity index (χ1v) is 8.15. The maximum absolute atomic E-state index is 12.9. The van der Waals surface area contributed by atoms with Crippen LogP contribution in [0.5, 0.6) is 5.75 Å². The average Bonchev–Trinajstić information content (AvgIpc) is 2.54. The molecule has 0 saturated heterocycles. The molecule has 0 aliphatic carbocycles. The number of rotatable bonds is 2. The summed E-state index contributed by atoms with van der Waals surface area (Å²) in [7, 11) is 1.65. The monoisotopic (exact) mass is 359 g/mol. The highest BCUT2D eigenvalue weighted by molar-refractivity contribution is 9.10. The van der Waals surface area contributed by atoms with Gasteiger partial charge < -0.3 is 9.64 Å². The van der Waals surface area contributed by atoms with Crippen molar-refractivity contribution in [3.63, 3.8) is 0 Å². The summed E-state index contributed by atoms with van der Waals surface area (Å²) in [5.74, 6) is 0.787. The van der Waals surface area contributed by atoms with Crippen LogP contribution in [0.15, 0.2) is 40.9 Å². The number of carbonyl (C=O) groups excluding carboxylic acids is 1. The maximum Gasteiger partial charge on any atom is 0.258 e. The molecule has 0 fully saturated rings. The third kappa shape index (κ3) is 2.63. The number of methoxy groups -OCH3 is 1. The van der Waals surface area contributed by atoms with E-state index in [1.54, 1.807) is 7.11 Å². The van der Waals surface area contributed by atoms with Gasteiger partial charge in [-0.3, -0.25) is 4.79 Å². The Morgan fingerprint density at radius 3 is 2.82 bits per heavy atom. The van der Waals surface area contributed by atoms with Crippen molar-refractivity contribution in [1.82, 2.24) is 0 Å². The topological polar surface area (TPSA) is 29.5 Å². The van der Waals surface area contributed by atoms with Gasteiger partial charge in [0.15, 0.2) is 0 Å². The van der Waals surface area contributed by atoms with Crippen LogP contribution in [0, 0.1) is 6.92 Å². The molecule has 0 radical (unpaired) electrons. The Kier molecular flexibility index (Phi) is 4.21. The SMILES string of the molecule is COc1ccc(C)c2c1N(C(=O)c1cccc(Br)c1)CCC2. The number of halogens is 1. The Morgan fingerprint density at radius 2 is 2.09 bits per heavy atom. The van der Waals surface area contributed by atoms with Gasteiger partial charge in [0.2, 0.25) is 0 Å². The van der Waals surface area contributed by atoms with E-state index >= 15 is 0 Å². The van der Waals surface area contributed by atoms with Crippen molar-refractivity contribution in [2.45, 2.75) is 19.8 Å². The van der Waals surface area contributed by atoms with Crippen molar-refractivity contribution in [1.29, 1.82) is 0 Å². The van der Waals surface area contributed by atoms with Crippen LogP contribution in [0.4, 0.5) is 5.69 Å². The van der Waals surface area contributed by atoms with E-state index in [0.717, 1.165) is 35.3 Å².